The van der Waals surface area contributed by atoms with Crippen molar-refractivity contribution in [2.24, 2.45) is 5.92 Å². The predicted octanol–water partition coefficient (Wildman–Crippen LogP) is 5.05. The van der Waals surface area contributed by atoms with E-state index in [1.54, 1.807) is 31.2 Å². The molecule has 1 unspecified atom stereocenters. The lowest BCUT2D eigenvalue weighted by molar-refractivity contribution is -0.137. The summed E-state index contributed by atoms with van der Waals surface area (Å²) in [6, 6.07) is 11.1. The number of carbonyl (C=O) groups is 1. The van der Waals surface area contributed by atoms with Crippen LogP contribution in [0, 0.1) is 5.92 Å². The number of para-hydroxylation sites is 1. The molecule has 0 fully saturated rings. The van der Waals surface area contributed by atoms with Crippen LogP contribution in [0.25, 0.3) is 16.6 Å². The van der Waals surface area contributed by atoms with Crippen LogP contribution >= 0.6 is 11.8 Å². The number of thioether (sulfide) groups is 1. The molecule has 0 spiro atoms. The molecule has 0 aliphatic carbocycles. The summed E-state index contributed by atoms with van der Waals surface area (Å²) < 4.78 is 40.9. The molecule has 0 aliphatic rings. The van der Waals surface area contributed by atoms with Crippen molar-refractivity contribution in [3.05, 3.63) is 64.4 Å². The van der Waals surface area contributed by atoms with Crippen LogP contribution in [0.4, 0.5) is 13.2 Å². The van der Waals surface area contributed by atoms with Crippen molar-refractivity contribution >= 4 is 28.6 Å². The van der Waals surface area contributed by atoms with Crippen LogP contribution in [-0.4, -0.2) is 27.3 Å². The summed E-state index contributed by atoms with van der Waals surface area (Å²) in [5, 5.41) is 2.68. The van der Waals surface area contributed by atoms with E-state index in [4.69, 9.17) is 0 Å². The first-order valence-corrected chi connectivity index (χ1v) is 11.1. The molecule has 0 radical (unpaired) electrons. The van der Waals surface area contributed by atoms with Gasteiger partial charge in [-0.05, 0) is 49.6 Å². The number of rotatable bonds is 7. The lowest BCUT2D eigenvalue weighted by Gasteiger charge is -2.17. The summed E-state index contributed by atoms with van der Waals surface area (Å²) in [5.74, 6) is 0.208. The van der Waals surface area contributed by atoms with Gasteiger partial charge >= 0.3 is 6.18 Å². The van der Waals surface area contributed by atoms with Crippen molar-refractivity contribution in [3.8, 4) is 5.69 Å². The van der Waals surface area contributed by atoms with Gasteiger partial charge in [0.1, 0.15) is 0 Å². The van der Waals surface area contributed by atoms with Crippen molar-refractivity contribution in [1.82, 2.24) is 14.9 Å². The second kappa shape index (κ2) is 9.77. The molecule has 1 N–H and O–H groups in total. The lowest BCUT2D eigenvalue weighted by Crippen LogP contribution is -2.33. The molecule has 1 amide bonds. The number of hydrogen-bond acceptors (Lipinski definition) is 4. The average molecular weight is 464 g/mol. The van der Waals surface area contributed by atoms with E-state index < -0.39 is 22.5 Å². The quantitative estimate of drug-likeness (QED) is 0.394. The molecule has 0 bridgehead atoms. The highest BCUT2D eigenvalue weighted by Gasteiger charge is 2.31. The normalized spacial score (nSPS) is 12.8. The largest absolute Gasteiger partial charge is 0.416 e. The van der Waals surface area contributed by atoms with Crippen molar-refractivity contribution < 1.29 is 18.0 Å². The number of nitrogens with zero attached hydrogens (tertiary/aromatic N) is 2. The highest BCUT2D eigenvalue weighted by atomic mass is 32.2. The monoisotopic (exact) mass is 463 g/mol. The first kappa shape index (κ1) is 23.8. The Morgan fingerprint density at radius 1 is 1.12 bits per heavy atom. The van der Waals surface area contributed by atoms with Crippen LogP contribution in [0.3, 0.4) is 0 Å². The SMILES string of the molecule is CC(C)CCNC(=O)C(C)Sc1nc2ccccc2c(=O)n1-c1cccc(C(F)(F)F)c1. The molecule has 0 saturated heterocycles. The Kier molecular flexibility index (Phi) is 7.28. The highest BCUT2D eigenvalue weighted by Crippen LogP contribution is 2.31. The molecule has 1 heterocycles. The molecule has 9 heteroatoms. The molecule has 0 saturated carbocycles. The van der Waals surface area contributed by atoms with E-state index in [9.17, 15) is 22.8 Å². The molecule has 170 valence electrons. The van der Waals surface area contributed by atoms with Gasteiger partial charge in [0.2, 0.25) is 5.91 Å². The Bertz CT molecular complexity index is 1180. The highest BCUT2D eigenvalue weighted by molar-refractivity contribution is 8.00. The second-order valence-corrected chi connectivity index (χ2v) is 9.14. The first-order valence-electron chi connectivity index (χ1n) is 10.2. The second-order valence-electron chi connectivity index (χ2n) is 7.83. The van der Waals surface area contributed by atoms with Crippen LogP contribution in [0.2, 0.25) is 0 Å². The summed E-state index contributed by atoms with van der Waals surface area (Å²) in [6.45, 7) is 6.30. The van der Waals surface area contributed by atoms with Crippen LogP contribution in [0.5, 0.6) is 0 Å². The van der Waals surface area contributed by atoms with Gasteiger partial charge < -0.3 is 5.32 Å². The van der Waals surface area contributed by atoms with Crippen LogP contribution < -0.4 is 10.9 Å². The van der Waals surface area contributed by atoms with Gasteiger partial charge in [0.25, 0.3) is 5.56 Å². The van der Waals surface area contributed by atoms with Crippen LogP contribution in [0.15, 0.2) is 58.5 Å². The van der Waals surface area contributed by atoms with E-state index in [0.717, 1.165) is 34.9 Å². The van der Waals surface area contributed by atoms with E-state index in [2.05, 4.69) is 24.1 Å². The Balaban J connectivity index is 2.04. The fourth-order valence-electron chi connectivity index (χ4n) is 3.08. The molecule has 32 heavy (non-hydrogen) atoms. The zero-order valence-electron chi connectivity index (χ0n) is 17.9. The predicted molar refractivity (Wildman–Crippen MR) is 120 cm³/mol. The number of carbonyl (C=O) groups excluding carboxylic acids is 1. The van der Waals surface area contributed by atoms with Crippen molar-refractivity contribution in [1.29, 1.82) is 0 Å². The summed E-state index contributed by atoms with van der Waals surface area (Å²) in [4.78, 5) is 30.3. The topological polar surface area (TPSA) is 64.0 Å². The zero-order chi connectivity index (χ0) is 23.5. The van der Waals surface area contributed by atoms with E-state index in [1.165, 1.54) is 12.1 Å². The van der Waals surface area contributed by atoms with Crippen LogP contribution in [0.1, 0.15) is 32.8 Å². The number of benzene rings is 2. The molecule has 1 atom stereocenters. The Hall–Kier alpha value is -2.81. The number of fused-ring (bicyclic) bond motifs is 1. The van der Waals surface area contributed by atoms with Gasteiger partial charge in [-0.15, -0.1) is 0 Å². The minimum absolute atomic E-state index is 0.0398. The van der Waals surface area contributed by atoms with E-state index >= 15 is 0 Å². The van der Waals surface area contributed by atoms with Gasteiger partial charge in [-0.1, -0.05) is 43.8 Å². The fourth-order valence-corrected chi connectivity index (χ4v) is 4.03. The lowest BCUT2D eigenvalue weighted by atomic mass is 10.1. The summed E-state index contributed by atoms with van der Waals surface area (Å²) in [7, 11) is 0. The molecule has 0 aliphatic heterocycles. The third-order valence-electron chi connectivity index (χ3n) is 4.85. The van der Waals surface area contributed by atoms with Gasteiger partial charge in [-0.2, -0.15) is 13.2 Å². The van der Waals surface area contributed by atoms with Crippen LogP contribution in [-0.2, 0) is 11.0 Å². The third-order valence-corrected chi connectivity index (χ3v) is 5.90. The van der Waals surface area contributed by atoms with Crippen molar-refractivity contribution in [3.63, 3.8) is 0 Å². The number of aromatic nitrogens is 2. The average Bonchev–Trinajstić information content (AvgIpc) is 2.73. The maximum absolute atomic E-state index is 13.3. The Labute approximate surface area is 188 Å². The minimum Gasteiger partial charge on any atom is -0.355 e. The number of halogens is 3. The van der Waals surface area contributed by atoms with Gasteiger partial charge in [0.15, 0.2) is 5.16 Å². The van der Waals surface area contributed by atoms with Crippen molar-refractivity contribution in [2.45, 2.75) is 43.8 Å². The number of alkyl halides is 3. The maximum atomic E-state index is 13.3. The number of hydrogen-bond donors (Lipinski definition) is 1. The fraction of sp³-hybridized carbons (Fsp3) is 0.348. The Morgan fingerprint density at radius 3 is 2.53 bits per heavy atom. The third kappa shape index (κ3) is 5.51. The molecule has 3 rings (SSSR count). The van der Waals surface area contributed by atoms with Gasteiger partial charge in [0.05, 0.1) is 27.4 Å². The standard InChI is InChI=1S/C23H24F3N3O2S/c1-14(2)11-12-27-20(30)15(3)32-22-28-19-10-5-4-9-18(19)21(31)29(22)17-8-6-7-16(13-17)23(24,25)26/h4-10,13-15H,11-12H2,1-3H3,(H,27,30). The van der Waals surface area contributed by atoms with Crippen molar-refractivity contribution in [2.75, 3.05) is 6.54 Å². The molecular weight excluding hydrogens is 439 g/mol. The molecular formula is C23H24F3N3O2S. The molecule has 5 nitrogen and oxygen atoms in total. The van der Waals surface area contributed by atoms with Gasteiger partial charge in [-0.3, -0.25) is 14.2 Å². The van der Waals surface area contributed by atoms with E-state index in [1.807, 2.05) is 0 Å². The number of nitrogens with one attached hydrogen (secondary N) is 1. The number of amides is 1. The Morgan fingerprint density at radius 2 is 1.84 bits per heavy atom. The van der Waals surface area contributed by atoms with Gasteiger partial charge in [-0.25, -0.2) is 4.98 Å². The maximum Gasteiger partial charge on any atom is 0.416 e. The van der Waals surface area contributed by atoms with E-state index in [-0.39, 0.29) is 22.1 Å². The minimum atomic E-state index is -4.55. The first-order chi connectivity index (χ1) is 15.1. The molecule has 1 aromatic heterocycles. The van der Waals surface area contributed by atoms with E-state index in [0.29, 0.717) is 18.0 Å². The summed E-state index contributed by atoms with van der Waals surface area (Å²) in [5.41, 5.74) is -0.913. The molecule has 2 aromatic carbocycles. The summed E-state index contributed by atoms with van der Waals surface area (Å²) >= 11 is 1.03. The smallest absolute Gasteiger partial charge is 0.355 e. The summed E-state index contributed by atoms with van der Waals surface area (Å²) in [6.07, 6.45) is -3.73. The molecule has 3 aromatic rings. The zero-order valence-corrected chi connectivity index (χ0v) is 18.8. The van der Waals surface area contributed by atoms with Gasteiger partial charge in [0, 0.05) is 6.54 Å².